The number of hydrogen-bond acceptors (Lipinski definition) is 2. The number of nitrogens with one attached hydrogen (secondary N) is 1. The van der Waals surface area contributed by atoms with Crippen molar-refractivity contribution in [3.8, 4) is 0 Å². The molecule has 3 nitrogen and oxygen atoms in total. The van der Waals surface area contributed by atoms with Gasteiger partial charge in [-0.3, -0.25) is 4.79 Å². The number of anilines is 1. The minimum atomic E-state index is -2.64. The van der Waals surface area contributed by atoms with Crippen molar-refractivity contribution >= 4 is 11.6 Å². The lowest BCUT2D eigenvalue weighted by Gasteiger charge is -2.05. The molecule has 0 aliphatic carbocycles. The highest BCUT2D eigenvalue weighted by Crippen LogP contribution is 2.16. The van der Waals surface area contributed by atoms with Crippen molar-refractivity contribution in [3.63, 3.8) is 0 Å². The van der Waals surface area contributed by atoms with Gasteiger partial charge in [-0.05, 0) is 24.6 Å². The second-order valence-electron chi connectivity index (χ2n) is 2.64. The van der Waals surface area contributed by atoms with Gasteiger partial charge in [0.1, 0.15) is 5.82 Å². The van der Waals surface area contributed by atoms with Gasteiger partial charge in [-0.2, -0.15) is 0 Å². The molecule has 0 aliphatic heterocycles. The summed E-state index contributed by atoms with van der Waals surface area (Å²) in [5, 5.41) is 1.70. The maximum atomic E-state index is 13.3. The van der Waals surface area contributed by atoms with E-state index in [0.29, 0.717) is 5.56 Å². The fourth-order valence-electron chi connectivity index (χ4n) is 0.938. The Labute approximate surface area is 80.0 Å². The quantitative estimate of drug-likeness (QED) is 0.643. The van der Waals surface area contributed by atoms with Crippen LogP contribution in [0, 0.1) is 12.7 Å². The molecule has 0 saturated carbocycles. The summed E-state index contributed by atoms with van der Waals surface area (Å²) in [4.78, 5) is 11.4. The summed E-state index contributed by atoms with van der Waals surface area (Å²) in [6.07, 6.45) is 0. The predicted molar refractivity (Wildman–Crippen MR) is 48.9 cm³/mol. The second kappa shape index (κ2) is 3.43. The maximum Gasteiger partial charge on any atom is 0.254 e. The lowest BCUT2D eigenvalue weighted by Crippen LogP contribution is -2.19. The number of carbonyl (C=O) groups excluding carboxylic acids is 1. The van der Waals surface area contributed by atoms with Crippen molar-refractivity contribution in [1.82, 2.24) is 5.32 Å². The Kier molecular flexibility index (Phi) is 1.57. The summed E-state index contributed by atoms with van der Waals surface area (Å²) in [5.41, 5.74) is 5.83. The molecule has 1 rings (SSSR count). The molecular formula is C9H11FN2O. The zero-order chi connectivity index (χ0) is 12.5. The number of halogens is 1. The Hall–Kier alpha value is -1.58. The molecule has 0 spiro atoms. The summed E-state index contributed by atoms with van der Waals surface area (Å²) in [6, 6.07) is 2.20. The molecule has 4 heteroatoms. The average molecular weight is 185 g/mol. The summed E-state index contributed by atoms with van der Waals surface area (Å²) in [7, 11) is 0. The Balaban J connectivity index is 3.05. The molecule has 70 valence electrons. The molecule has 13 heavy (non-hydrogen) atoms. The van der Waals surface area contributed by atoms with Gasteiger partial charge in [0.2, 0.25) is 0 Å². The number of benzene rings is 1. The SMILES string of the molecule is [2H]C([2H])([2H])NC(=O)c1cc(C)c(N)cc1F. The zero-order valence-corrected chi connectivity index (χ0v) is 7.02. The molecule has 0 bridgehead atoms. The van der Waals surface area contributed by atoms with Gasteiger partial charge >= 0.3 is 0 Å². The van der Waals surface area contributed by atoms with Crippen LogP contribution >= 0.6 is 0 Å². The molecule has 0 aromatic heterocycles. The summed E-state index contributed by atoms with van der Waals surface area (Å²) in [5.74, 6) is -1.83. The number of nitrogen functional groups attached to an aromatic ring is 1. The molecule has 0 heterocycles. The first kappa shape index (κ1) is 5.96. The van der Waals surface area contributed by atoms with Gasteiger partial charge in [0.25, 0.3) is 5.91 Å². The maximum absolute atomic E-state index is 13.3. The molecule has 3 N–H and O–H groups in total. The lowest BCUT2D eigenvalue weighted by molar-refractivity contribution is 0.0959. The van der Waals surface area contributed by atoms with E-state index < -0.39 is 18.7 Å². The molecule has 1 aromatic carbocycles. The first-order chi connectivity index (χ1) is 7.20. The number of carbonyl (C=O) groups is 1. The van der Waals surface area contributed by atoms with Crippen molar-refractivity contribution in [1.29, 1.82) is 0 Å². The van der Waals surface area contributed by atoms with Crippen molar-refractivity contribution in [2.75, 3.05) is 12.7 Å². The van der Waals surface area contributed by atoms with Crippen LogP contribution in [0.5, 0.6) is 0 Å². The van der Waals surface area contributed by atoms with Crippen LogP contribution < -0.4 is 11.1 Å². The Morgan fingerprint density at radius 2 is 2.38 bits per heavy atom. The van der Waals surface area contributed by atoms with Gasteiger partial charge in [-0.1, -0.05) is 0 Å². The van der Waals surface area contributed by atoms with E-state index in [9.17, 15) is 9.18 Å². The topological polar surface area (TPSA) is 55.1 Å². The van der Waals surface area contributed by atoms with E-state index in [1.165, 1.54) is 6.07 Å². The lowest BCUT2D eigenvalue weighted by atomic mass is 10.1. The van der Waals surface area contributed by atoms with E-state index in [1.807, 2.05) is 0 Å². The highest BCUT2D eigenvalue weighted by atomic mass is 19.1. The first-order valence-corrected chi connectivity index (χ1v) is 3.59. The monoisotopic (exact) mass is 185 g/mol. The normalized spacial score (nSPS) is 14.2. The van der Waals surface area contributed by atoms with Gasteiger partial charge < -0.3 is 11.1 Å². The highest BCUT2D eigenvalue weighted by Gasteiger charge is 2.11. The Morgan fingerprint density at radius 3 is 3.00 bits per heavy atom. The van der Waals surface area contributed by atoms with Crippen LogP contribution in [0.2, 0.25) is 0 Å². The molecule has 0 fully saturated rings. The molecule has 0 saturated heterocycles. The van der Waals surface area contributed by atoms with Crippen molar-refractivity contribution in [2.45, 2.75) is 6.92 Å². The summed E-state index contributed by atoms with van der Waals surface area (Å²) in [6.45, 7) is -1.04. The van der Waals surface area contributed by atoms with Crippen LogP contribution in [0.15, 0.2) is 12.1 Å². The summed E-state index contributed by atoms with van der Waals surface area (Å²) < 4.78 is 33.8. The number of nitrogens with two attached hydrogens (primary N) is 1. The fraction of sp³-hybridized carbons (Fsp3) is 0.222. The van der Waals surface area contributed by atoms with E-state index in [4.69, 9.17) is 9.85 Å². The third kappa shape index (κ3) is 1.77. The smallest absolute Gasteiger partial charge is 0.254 e. The van der Waals surface area contributed by atoms with Crippen molar-refractivity contribution in [2.24, 2.45) is 0 Å². The minimum absolute atomic E-state index is 0.211. The molecule has 0 radical (unpaired) electrons. The van der Waals surface area contributed by atoms with Crippen LogP contribution in [0.3, 0.4) is 0 Å². The summed E-state index contributed by atoms with van der Waals surface area (Å²) >= 11 is 0. The highest BCUT2D eigenvalue weighted by molar-refractivity contribution is 5.94. The van der Waals surface area contributed by atoms with Gasteiger partial charge in [-0.25, -0.2) is 4.39 Å². The van der Waals surface area contributed by atoms with Crippen molar-refractivity contribution in [3.05, 3.63) is 29.1 Å². The molecular weight excluding hydrogens is 171 g/mol. The number of amides is 1. The van der Waals surface area contributed by atoms with Crippen LogP contribution in [0.25, 0.3) is 0 Å². The zero-order valence-electron chi connectivity index (χ0n) is 10.0. The fourth-order valence-corrected chi connectivity index (χ4v) is 0.938. The van der Waals surface area contributed by atoms with Gasteiger partial charge in [0.05, 0.1) is 5.56 Å². The molecule has 1 amide bonds. The van der Waals surface area contributed by atoms with Crippen molar-refractivity contribution < 1.29 is 13.3 Å². The number of rotatable bonds is 1. The van der Waals surface area contributed by atoms with E-state index in [0.717, 1.165) is 6.07 Å². The third-order valence-electron chi connectivity index (χ3n) is 1.71. The minimum Gasteiger partial charge on any atom is -0.398 e. The molecule has 0 aliphatic rings. The van der Waals surface area contributed by atoms with Crippen LogP contribution in [0.4, 0.5) is 10.1 Å². The van der Waals surface area contributed by atoms with Crippen LogP contribution in [-0.4, -0.2) is 12.9 Å². The molecule has 0 atom stereocenters. The van der Waals surface area contributed by atoms with Gasteiger partial charge in [-0.15, -0.1) is 0 Å². The standard InChI is InChI=1S/C9H11FN2O/c1-5-3-6(9(13)12-2)7(10)4-8(5)11/h3-4H,11H2,1-2H3,(H,12,13)/i2D3. The molecule has 1 aromatic rings. The Morgan fingerprint density at radius 1 is 1.69 bits per heavy atom. The van der Waals surface area contributed by atoms with E-state index in [1.54, 1.807) is 12.2 Å². The van der Waals surface area contributed by atoms with E-state index in [-0.39, 0.29) is 11.3 Å². The Bertz CT molecular complexity index is 431. The predicted octanol–water partition coefficient (Wildman–Crippen LogP) is 1.08. The van der Waals surface area contributed by atoms with E-state index in [2.05, 4.69) is 0 Å². The van der Waals surface area contributed by atoms with E-state index >= 15 is 0 Å². The van der Waals surface area contributed by atoms with Gasteiger partial charge in [0, 0.05) is 16.8 Å². The van der Waals surface area contributed by atoms with Gasteiger partial charge in [0.15, 0.2) is 0 Å². The van der Waals surface area contributed by atoms with Crippen LogP contribution in [-0.2, 0) is 0 Å². The third-order valence-corrected chi connectivity index (χ3v) is 1.71. The molecule has 0 unspecified atom stereocenters. The second-order valence-corrected chi connectivity index (χ2v) is 2.64. The number of aryl methyl sites for hydroxylation is 1. The van der Waals surface area contributed by atoms with Crippen LogP contribution in [0.1, 0.15) is 20.0 Å². The largest absolute Gasteiger partial charge is 0.398 e. The first-order valence-electron chi connectivity index (χ1n) is 5.09. The average Bonchev–Trinajstić information content (AvgIpc) is 2.08. The number of hydrogen-bond donors (Lipinski definition) is 2.